The average molecular weight is 1480 g/mol. The van der Waals surface area contributed by atoms with E-state index in [2.05, 4.69) is 409 Å². The number of fused-ring (bicyclic) bond motifs is 12. The van der Waals surface area contributed by atoms with Crippen molar-refractivity contribution in [3.8, 4) is 44.8 Å². The highest BCUT2D eigenvalue weighted by molar-refractivity contribution is 7.00. The Morgan fingerprint density at radius 2 is 0.619 bits per heavy atom. The molecule has 0 N–H and O–H groups in total. The average Bonchev–Trinajstić information content (AvgIpc) is 1.43. The van der Waals surface area contributed by atoms with Crippen molar-refractivity contribution in [3.63, 3.8) is 0 Å². The maximum atomic E-state index is 2.68. The molecule has 2 aliphatic carbocycles. The molecule has 0 radical (unpaired) electrons. The number of rotatable bonds is 7. The zero-order valence-electron chi connectivity index (χ0n) is 71.6. The summed E-state index contributed by atoms with van der Waals surface area (Å²) in [4.78, 5) is 5.32. The number of hydrogen-bond acceptors (Lipinski definition) is 2. The Balaban J connectivity index is 0.950. The molecule has 0 saturated heterocycles. The Labute approximate surface area is 674 Å². The molecule has 2 aromatic heterocycles. The first-order valence-corrected chi connectivity index (χ1v) is 42.0. The molecule has 4 nitrogen and oxygen atoms in total. The Hall–Kier alpha value is -10.1. The summed E-state index contributed by atoms with van der Waals surface area (Å²) in [6, 6.07) is 92.6. The minimum absolute atomic E-state index is 0.0458. The van der Waals surface area contributed by atoms with Gasteiger partial charge in [0.05, 0.1) is 27.8 Å². The highest BCUT2D eigenvalue weighted by Gasteiger charge is 2.46. The molecule has 4 aliphatic rings. The van der Waals surface area contributed by atoms with Crippen molar-refractivity contribution in [1.29, 1.82) is 0 Å². The predicted molar refractivity (Wildman–Crippen MR) is 490 cm³/mol. The van der Waals surface area contributed by atoms with E-state index >= 15 is 0 Å². The van der Waals surface area contributed by atoms with Crippen LogP contribution in [0.2, 0.25) is 0 Å². The van der Waals surface area contributed by atoms with Crippen molar-refractivity contribution in [2.45, 2.75) is 234 Å². The van der Waals surface area contributed by atoms with Gasteiger partial charge in [-0.25, -0.2) is 0 Å². The standard InChI is InChI=1S/C108H115BN4/c1-100(2,3)71-35-48-91-80(59-71)81-60-72(101(4,5)6)36-49-92(81)112(91)77-43-46-89-96(63-77)111(76-41-30-67(31-42-76)69-33-45-86-88(57-69)108(22,23)55-53-106(86,18)19)98-65-78(113-93-50-37-73(102(7,8)9)61-82(93)83-62-74(103(10,11)12)38-51-94(83)113)64-97-99(98)109(89)90-58-70(79-26-24-25-27-84(79)104(13,14)15)34-47-95(90)110(97)75-39-28-66(29-40-75)68-32-44-85-87(56-68)107(20,21)54-52-105(85,16)17/h24-51,56-65H,52-55H2,1-23H3. The zero-order chi connectivity index (χ0) is 79.7. The van der Waals surface area contributed by atoms with Crippen LogP contribution in [0.3, 0.4) is 0 Å². The van der Waals surface area contributed by atoms with Crippen LogP contribution in [0, 0.1) is 0 Å². The normalized spacial score (nSPS) is 16.4. The van der Waals surface area contributed by atoms with Crippen molar-refractivity contribution in [2.24, 2.45) is 0 Å². The van der Waals surface area contributed by atoms with E-state index in [0.29, 0.717) is 0 Å². The molecule has 4 heterocycles. The van der Waals surface area contributed by atoms with Crippen LogP contribution >= 0.6 is 0 Å². The quantitative estimate of drug-likeness (QED) is 0.148. The lowest BCUT2D eigenvalue weighted by Gasteiger charge is -2.45. The lowest BCUT2D eigenvalue weighted by atomic mass is 9.33. The molecular weight excluding hydrogens is 1360 g/mol. The zero-order valence-corrected chi connectivity index (χ0v) is 71.6. The second kappa shape index (κ2) is 25.2. The van der Waals surface area contributed by atoms with Crippen molar-refractivity contribution in [2.75, 3.05) is 9.80 Å². The summed E-state index contributed by atoms with van der Waals surface area (Å²) in [6.07, 6.45) is 4.70. The maximum absolute atomic E-state index is 2.68. The topological polar surface area (TPSA) is 16.3 Å². The van der Waals surface area contributed by atoms with Crippen LogP contribution < -0.4 is 26.2 Å². The maximum Gasteiger partial charge on any atom is 0.252 e. The van der Waals surface area contributed by atoms with E-state index < -0.39 is 0 Å². The molecule has 5 heteroatoms. The minimum Gasteiger partial charge on any atom is -0.311 e. The van der Waals surface area contributed by atoms with Crippen molar-refractivity contribution in [1.82, 2.24) is 9.13 Å². The smallest absolute Gasteiger partial charge is 0.252 e. The van der Waals surface area contributed by atoms with E-state index in [1.165, 1.54) is 174 Å². The molecule has 18 rings (SSSR count). The summed E-state index contributed by atoms with van der Waals surface area (Å²) in [7, 11) is 0. The van der Waals surface area contributed by atoms with Gasteiger partial charge in [0.25, 0.3) is 6.71 Å². The van der Waals surface area contributed by atoms with Gasteiger partial charge < -0.3 is 18.9 Å². The molecule has 0 fully saturated rings. The molecule has 0 amide bonds. The van der Waals surface area contributed by atoms with Gasteiger partial charge >= 0.3 is 0 Å². The van der Waals surface area contributed by atoms with Crippen LogP contribution in [-0.2, 0) is 48.7 Å². The van der Waals surface area contributed by atoms with Crippen LogP contribution in [0.5, 0.6) is 0 Å². The third-order valence-corrected chi connectivity index (χ3v) is 27.2. The van der Waals surface area contributed by atoms with Crippen molar-refractivity contribution < 1.29 is 0 Å². The SMILES string of the molecule is CC(C)(C)c1ccc2c(c1)c1cc(C(C)(C)C)ccc1n2-c1ccc2c(c1)N(c1ccc(-c3ccc4c(c3)C(C)(C)CCC4(C)C)cc1)c1cc(-n3c4ccc(C(C)(C)C)cc4c4cc(C(C)(C)C)ccc43)cc3c1B2c1cc(-c2ccccc2C(C)(C)C)ccc1N3c1ccc(-c2ccc3c(c2)C(C)(C)CCC3(C)C)cc1. The third-order valence-electron chi connectivity index (χ3n) is 27.2. The summed E-state index contributed by atoms with van der Waals surface area (Å²) in [5, 5.41) is 5.09. The molecule has 14 aromatic rings. The Morgan fingerprint density at radius 3 is 1.03 bits per heavy atom. The van der Waals surface area contributed by atoms with E-state index in [1.54, 1.807) is 0 Å². The van der Waals surface area contributed by atoms with Gasteiger partial charge in [0, 0.05) is 61.4 Å². The van der Waals surface area contributed by atoms with Gasteiger partial charge in [-0.15, -0.1) is 0 Å². The molecule has 570 valence electrons. The lowest BCUT2D eigenvalue weighted by Crippen LogP contribution is -2.61. The number of hydrogen-bond donors (Lipinski definition) is 0. The van der Waals surface area contributed by atoms with E-state index in [9.17, 15) is 0 Å². The van der Waals surface area contributed by atoms with Crippen LogP contribution in [-0.4, -0.2) is 15.8 Å². The van der Waals surface area contributed by atoms with Gasteiger partial charge in [0.1, 0.15) is 0 Å². The molecule has 0 atom stereocenters. The van der Waals surface area contributed by atoms with Gasteiger partial charge in [-0.1, -0.05) is 287 Å². The predicted octanol–water partition coefficient (Wildman–Crippen LogP) is 28.1. The molecular formula is C108H115BN4. The fourth-order valence-corrected chi connectivity index (χ4v) is 20.0. The van der Waals surface area contributed by atoms with Crippen LogP contribution in [0.4, 0.5) is 34.1 Å². The van der Waals surface area contributed by atoms with Gasteiger partial charge in [-0.2, -0.15) is 0 Å². The number of nitrogens with zero attached hydrogens (tertiary/aromatic N) is 4. The highest BCUT2D eigenvalue weighted by atomic mass is 15.2. The van der Waals surface area contributed by atoms with Gasteiger partial charge in [0.15, 0.2) is 0 Å². The summed E-state index contributed by atoms with van der Waals surface area (Å²) >= 11 is 0. The van der Waals surface area contributed by atoms with E-state index in [1.807, 2.05) is 0 Å². The molecule has 0 saturated carbocycles. The van der Waals surface area contributed by atoms with E-state index in [0.717, 1.165) is 40.5 Å². The van der Waals surface area contributed by atoms with Crippen molar-refractivity contribution >= 4 is 101 Å². The highest BCUT2D eigenvalue weighted by Crippen LogP contribution is 2.53. The molecule has 0 bridgehead atoms. The van der Waals surface area contributed by atoms with Crippen LogP contribution in [0.15, 0.2) is 231 Å². The van der Waals surface area contributed by atoms with Gasteiger partial charge in [-0.3, -0.25) is 0 Å². The summed E-state index contributed by atoms with van der Waals surface area (Å²) in [5.41, 5.74) is 37.8. The minimum atomic E-state index is -0.198. The second-order valence-electron chi connectivity index (χ2n) is 42.1. The molecule has 0 spiro atoms. The van der Waals surface area contributed by atoms with E-state index in [-0.39, 0.29) is 55.4 Å². The van der Waals surface area contributed by atoms with Gasteiger partial charge in [-0.05, 0) is 277 Å². The fraction of sp³-hybridized carbons (Fsp3) is 0.333. The first kappa shape index (κ1) is 74.3. The van der Waals surface area contributed by atoms with Crippen LogP contribution in [0.25, 0.3) is 88.4 Å². The molecule has 2 aliphatic heterocycles. The first-order chi connectivity index (χ1) is 53.1. The molecule has 113 heavy (non-hydrogen) atoms. The first-order valence-electron chi connectivity index (χ1n) is 42.0. The largest absolute Gasteiger partial charge is 0.311 e. The number of aromatic nitrogens is 2. The Bertz CT molecular complexity index is 6120. The second-order valence-corrected chi connectivity index (χ2v) is 42.1. The summed E-state index contributed by atoms with van der Waals surface area (Å²) in [6.45, 7) is 54.6. The summed E-state index contributed by atoms with van der Waals surface area (Å²) < 4.78 is 5.18. The summed E-state index contributed by atoms with van der Waals surface area (Å²) in [5.74, 6) is 0. The van der Waals surface area contributed by atoms with E-state index in [4.69, 9.17) is 0 Å². The monoisotopic (exact) mass is 1480 g/mol. The lowest BCUT2D eigenvalue weighted by molar-refractivity contribution is 0.332. The third kappa shape index (κ3) is 12.2. The Kier molecular flexibility index (Phi) is 16.6. The van der Waals surface area contributed by atoms with Crippen LogP contribution in [0.1, 0.15) is 235 Å². The van der Waals surface area contributed by atoms with Gasteiger partial charge in [0.2, 0.25) is 0 Å². The molecule has 12 aromatic carbocycles. The Morgan fingerprint density at radius 1 is 0.265 bits per heavy atom. The fourth-order valence-electron chi connectivity index (χ4n) is 20.0. The molecule has 0 unspecified atom stereocenters. The van der Waals surface area contributed by atoms with Crippen molar-refractivity contribution in [3.05, 3.63) is 281 Å². The number of benzene rings is 12. The number of anilines is 6.